The molecule has 29 heavy (non-hydrogen) atoms. The van der Waals surface area contributed by atoms with E-state index in [4.69, 9.17) is 4.74 Å². The molecule has 0 aliphatic heterocycles. The van der Waals surface area contributed by atoms with Crippen molar-refractivity contribution in [3.05, 3.63) is 59.9 Å². The Morgan fingerprint density at radius 2 is 1.97 bits per heavy atom. The fourth-order valence-electron chi connectivity index (χ4n) is 2.47. The van der Waals surface area contributed by atoms with Gasteiger partial charge in [0.15, 0.2) is 4.34 Å². The molecule has 1 aromatic heterocycles. The Balaban J connectivity index is 1.52. The first-order valence-corrected chi connectivity index (χ1v) is 10.8. The zero-order chi connectivity index (χ0) is 20.6. The van der Waals surface area contributed by atoms with Gasteiger partial charge in [-0.25, -0.2) is 4.39 Å². The van der Waals surface area contributed by atoms with Gasteiger partial charge in [-0.1, -0.05) is 47.4 Å². The third kappa shape index (κ3) is 6.16. The first-order chi connectivity index (χ1) is 14.0. The lowest BCUT2D eigenvalue weighted by molar-refractivity contribution is -0.127. The van der Waals surface area contributed by atoms with Crippen LogP contribution in [0.5, 0.6) is 5.75 Å². The highest BCUT2D eigenvalue weighted by Crippen LogP contribution is 2.31. The van der Waals surface area contributed by atoms with Gasteiger partial charge in [-0.2, -0.15) is 0 Å². The molecule has 1 amide bonds. The number of aromatic nitrogens is 2. The summed E-state index contributed by atoms with van der Waals surface area (Å²) in [5, 5.41) is 12.1. The number of nitrogens with one attached hydrogen (secondary N) is 1. The Kier molecular flexibility index (Phi) is 7.42. The van der Waals surface area contributed by atoms with E-state index < -0.39 is 0 Å². The van der Waals surface area contributed by atoms with Gasteiger partial charge in [0.25, 0.3) is 0 Å². The molecule has 0 unspecified atom stereocenters. The molecule has 0 aliphatic carbocycles. The molecule has 6 nitrogen and oxygen atoms in total. The maximum absolute atomic E-state index is 13.0. The molecule has 3 rings (SSSR count). The van der Waals surface area contributed by atoms with Gasteiger partial charge in [-0.15, -0.1) is 10.2 Å². The van der Waals surface area contributed by atoms with E-state index in [1.807, 2.05) is 31.2 Å². The van der Waals surface area contributed by atoms with E-state index in [0.717, 1.165) is 17.0 Å². The van der Waals surface area contributed by atoms with Crippen molar-refractivity contribution < 1.29 is 13.9 Å². The second-order valence-electron chi connectivity index (χ2n) is 6.09. The molecule has 3 aromatic rings. The summed E-state index contributed by atoms with van der Waals surface area (Å²) in [6.45, 7) is 2.93. The van der Waals surface area contributed by atoms with E-state index in [0.29, 0.717) is 22.6 Å². The molecule has 0 fully saturated rings. The van der Waals surface area contributed by atoms with Crippen LogP contribution in [0.3, 0.4) is 0 Å². The monoisotopic (exact) mass is 432 g/mol. The van der Waals surface area contributed by atoms with Crippen LogP contribution in [0, 0.1) is 5.82 Å². The summed E-state index contributed by atoms with van der Waals surface area (Å²) >= 11 is 2.71. The molecular weight excluding hydrogens is 411 g/mol. The highest BCUT2D eigenvalue weighted by molar-refractivity contribution is 8.01. The predicted molar refractivity (Wildman–Crippen MR) is 114 cm³/mol. The van der Waals surface area contributed by atoms with Crippen LogP contribution in [-0.4, -0.2) is 40.4 Å². The van der Waals surface area contributed by atoms with Crippen LogP contribution in [0.1, 0.15) is 12.5 Å². The van der Waals surface area contributed by atoms with Gasteiger partial charge in [0, 0.05) is 13.6 Å². The summed E-state index contributed by atoms with van der Waals surface area (Å²) in [7, 11) is 1.73. The second-order valence-corrected chi connectivity index (χ2v) is 8.29. The average molecular weight is 433 g/mol. The van der Waals surface area contributed by atoms with Gasteiger partial charge in [0.05, 0.1) is 18.0 Å². The number of hydrogen-bond acceptors (Lipinski definition) is 7. The number of anilines is 2. The van der Waals surface area contributed by atoms with Gasteiger partial charge in [0.1, 0.15) is 11.6 Å². The minimum absolute atomic E-state index is 0.0364. The molecule has 1 N–H and O–H groups in total. The fraction of sp³-hybridized carbons (Fsp3) is 0.250. The van der Waals surface area contributed by atoms with Gasteiger partial charge in [0.2, 0.25) is 11.0 Å². The average Bonchev–Trinajstić information content (AvgIpc) is 3.17. The first-order valence-electron chi connectivity index (χ1n) is 8.98. The second kappa shape index (κ2) is 10.2. The van der Waals surface area contributed by atoms with Crippen LogP contribution in [0.2, 0.25) is 0 Å². The van der Waals surface area contributed by atoms with E-state index in [2.05, 4.69) is 15.5 Å². The normalized spacial score (nSPS) is 10.6. The van der Waals surface area contributed by atoms with Gasteiger partial charge >= 0.3 is 0 Å². The third-order valence-electron chi connectivity index (χ3n) is 3.91. The maximum Gasteiger partial charge on any atom is 0.233 e. The van der Waals surface area contributed by atoms with Crippen LogP contribution >= 0.6 is 23.1 Å². The molecule has 0 radical (unpaired) electrons. The molecule has 2 aromatic carbocycles. The van der Waals surface area contributed by atoms with Gasteiger partial charge in [-0.05, 0) is 36.8 Å². The highest BCUT2D eigenvalue weighted by atomic mass is 32.2. The summed E-state index contributed by atoms with van der Waals surface area (Å²) in [5.74, 6) is 0.674. The number of amides is 1. The van der Waals surface area contributed by atoms with Crippen molar-refractivity contribution in [1.82, 2.24) is 15.1 Å². The molecular formula is C20H21FN4O2S2. The molecule has 0 aliphatic rings. The van der Waals surface area contributed by atoms with E-state index in [-0.39, 0.29) is 17.5 Å². The third-order valence-corrected chi connectivity index (χ3v) is 5.87. The van der Waals surface area contributed by atoms with Crippen LogP contribution in [0.4, 0.5) is 15.2 Å². The Morgan fingerprint density at radius 3 is 2.72 bits per heavy atom. The topological polar surface area (TPSA) is 67.3 Å². The van der Waals surface area contributed by atoms with Gasteiger partial charge < -0.3 is 15.0 Å². The number of thioether (sulfide) groups is 1. The van der Waals surface area contributed by atoms with Crippen molar-refractivity contribution in [1.29, 1.82) is 0 Å². The number of carbonyl (C=O) groups is 1. The molecule has 0 saturated heterocycles. The van der Waals surface area contributed by atoms with Crippen molar-refractivity contribution in [3.8, 4) is 5.75 Å². The van der Waals surface area contributed by atoms with Crippen LogP contribution in [-0.2, 0) is 11.3 Å². The van der Waals surface area contributed by atoms with E-state index in [1.165, 1.54) is 35.2 Å². The molecule has 0 bridgehead atoms. The minimum Gasteiger partial charge on any atom is -0.492 e. The standard InChI is InChI=1S/C20H21FN4O2S2/c1-3-27-17-7-5-4-6-16(17)22-19-23-24-20(29-19)28-13-18(26)25(2)12-14-8-10-15(21)11-9-14/h4-11H,3,12-13H2,1-2H3,(H,22,23). The smallest absolute Gasteiger partial charge is 0.233 e. The largest absolute Gasteiger partial charge is 0.492 e. The first kappa shape index (κ1) is 21.1. The summed E-state index contributed by atoms with van der Waals surface area (Å²) in [5.41, 5.74) is 1.69. The van der Waals surface area contributed by atoms with Crippen LogP contribution in [0.15, 0.2) is 52.9 Å². The minimum atomic E-state index is -0.289. The van der Waals surface area contributed by atoms with Crippen molar-refractivity contribution in [2.45, 2.75) is 17.8 Å². The predicted octanol–water partition coefficient (Wildman–Crippen LogP) is 4.57. The Bertz CT molecular complexity index is 950. The van der Waals surface area contributed by atoms with E-state index in [9.17, 15) is 9.18 Å². The van der Waals surface area contributed by atoms with Crippen molar-refractivity contribution >= 4 is 39.8 Å². The zero-order valence-electron chi connectivity index (χ0n) is 16.1. The summed E-state index contributed by atoms with van der Waals surface area (Å²) in [4.78, 5) is 14.0. The Hall–Kier alpha value is -2.65. The van der Waals surface area contributed by atoms with Crippen molar-refractivity contribution in [2.75, 3.05) is 24.7 Å². The lowest BCUT2D eigenvalue weighted by Crippen LogP contribution is -2.27. The van der Waals surface area contributed by atoms with E-state index in [1.54, 1.807) is 24.1 Å². The molecule has 0 atom stereocenters. The molecule has 1 heterocycles. The molecule has 152 valence electrons. The number of halogens is 1. The highest BCUT2D eigenvalue weighted by Gasteiger charge is 2.13. The number of para-hydroxylation sites is 2. The SMILES string of the molecule is CCOc1ccccc1Nc1nnc(SCC(=O)N(C)Cc2ccc(F)cc2)s1. The number of rotatable bonds is 9. The number of ether oxygens (including phenoxy) is 1. The van der Waals surface area contributed by atoms with E-state index >= 15 is 0 Å². The Labute approximate surface area is 177 Å². The van der Waals surface area contributed by atoms with Crippen molar-refractivity contribution in [3.63, 3.8) is 0 Å². The quantitative estimate of drug-likeness (QED) is 0.500. The number of hydrogen-bond donors (Lipinski definition) is 1. The molecule has 0 spiro atoms. The number of carbonyl (C=O) groups excluding carboxylic acids is 1. The maximum atomic E-state index is 13.0. The zero-order valence-corrected chi connectivity index (χ0v) is 17.7. The summed E-state index contributed by atoms with van der Waals surface area (Å²) in [6, 6.07) is 13.8. The molecule has 9 heteroatoms. The molecule has 0 saturated carbocycles. The summed E-state index contributed by atoms with van der Waals surface area (Å²) in [6.07, 6.45) is 0. The number of benzene rings is 2. The van der Waals surface area contributed by atoms with Crippen LogP contribution in [0.25, 0.3) is 0 Å². The number of nitrogens with zero attached hydrogens (tertiary/aromatic N) is 3. The lowest BCUT2D eigenvalue weighted by atomic mass is 10.2. The lowest BCUT2D eigenvalue weighted by Gasteiger charge is -2.16. The Morgan fingerprint density at radius 1 is 1.21 bits per heavy atom. The summed E-state index contributed by atoms with van der Waals surface area (Å²) < 4.78 is 19.3. The fourth-order valence-corrected chi connectivity index (χ4v) is 4.18. The van der Waals surface area contributed by atoms with Gasteiger partial charge in [-0.3, -0.25) is 4.79 Å². The van der Waals surface area contributed by atoms with Crippen molar-refractivity contribution in [2.24, 2.45) is 0 Å². The van der Waals surface area contributed by atoms with Crippen LogP contribution < -0.4 is 10.1 Å².